The number of hydrogen-bond donors (Lipinski definition) is 2. The molecule has 6 rings (SSSR count). The number of H-pyrrole nitrogens is 2. The maximum absolute atomic E-state index is 13.3. The fourth-order valence-electron chi connectivity index (χ4n) is 6.67. The molecule has 5 heterocycles. The molecule has 198 valence electrons. The first-order valence-corrected chi connectivity index (χ1v) is 13.8. The minimum absolute atomic E-state index is 0.0651. The van der Waals surface area contributed by atoms with Crippen molar-refractivity contribution in [1.29, 1.82) is 0 Å². The number of carbonyl (C=O) groups excluding carboxylic acids is 2. The molecule has 2 aliphatic heterocycles. The molecule has 3 aromatic heterocycles. The number of nitrogens with zero attached hydrogens (tertiary/aromatic N) is 2. The first-order valence-electron chi connectivity index (χ1n) is 13.8. The third-order valence-electron chi connectivity index (χ3n) is 8.95. The second kappa shape index (κ2) is 9.30. The summed E-state index contributed by atoms with van der Waals surface area (Å²) in [7, 11) is 0. The van der Waals surface area contributed by atoms with Gasteiger partial charge in [0.25, 0.3) is 0 Å². The van der Waals surface area contributed by atoms with Gasteiger partial charge in [0.05, 0.1) is 22.6 Å². The second-order valence-electron chi connectivity index (χ2n) is 11.0. The lowest BCUT2D eigenvalue weighted by molar-refractivity contribution is -0.108. The van der Waals surface area contributed by atoms with Crippen LogP contribution in [-0.2, 0) is 11.2 Å². The molecule has 0 fully saturated rings. The number of aromatic amines is 2. The van der Waals surface area contributed by atoms with Crippen molar-refractivity contribution < 1.29 is 9.59 Å². The minimum atomic E-state index is 0.0651. The quantitative estimate of drug-likeness (QED) is 0.342. The van der Waals surface area contributed by atoms with Gasteiger partial charge in [-0.25, -0.2) is 4.98 Å². The predicted octanol–water partition coefficient (Wildman–Crippen LogP) is 7.52. The molecule has 0 spiro atoms. The van der Waals surface area contributed by atoms with Crippen LogP contribution in [0, 0.1) is 13.8 Å². The van der Waals surface area contributed by atoms with Gasteiger partial charge in [-0.15, -0.1) is 0 Å². The number of aromatic nitrogens is 4. The summed E-state index contributed by atoms with van der Waals surface area (Å²) in [6, 6.07) is 6.32. The summed E-state index contributed by atoms with van der Waals surface area (Å²) in [5, 5.41) is 0. The summed E-state index contributed by atoms with van der Waals surface area (Å²) in [6.45, 7) is 14.7. The monoisotopic (exact) mass is 518 g/mol. The maximum atomic E-state index is 13.3. The van der Waals surface area contributed by atoms with Crippen molar-refractivity contribution in [3.05, 3.63) is 75.4 Å². The van der Waals surface area contributed by atoms with Gasteiger partial charge in [-0.1, -0.05) is 26.5 Å². The van der Waals surface area contributed by atoms with E-state index in [2.05, 4.69) is 62.4 Å². The van der Waals surface area contributed by atoms with E-state index in [1.54, 1.807) is 0 Å². The fraction of sp³-hybridized carbons (Fsp3) is 0.333. The van der Waals surface area contributed by atoms with E-state index >= 15 is 0 Å². The Morgan fingerprint density at radius 2 is 1.77 bits per heavy atom. The molecule has 3 aromatic rings. The van der Waals surface area contributed by atoms with Gasteiger partial charge in [0.2, 0.25) is 0 Å². The Hall–Kier alpha value is -4.06. The average molecular weight is 519 g/mol. The molecule has 39 heavy (non-hydrogen) atoms. The SMILES string of the molecule is C=Cc1c(C)c2cc3nc(c4c5[nH]c(cc6nc(cc1[nH]2)C(C)=C6CC)c(C)c5C(=O)C4)[C@@H](CCC=O)[C@@H]3C. The van der Waals surface area contributed by atoms with Crippen LogP contribution < -0.4 is 0 Å². The minimum Gasteiger partial charge on any atom is -0.355 e. The van der Waals surface area contributed by atoms with E-state index < -0.39 is 0 Å². The number of aryl methyl sites for hydroxylation is 2. The van der Waals surface area contributed by atoms with Crippen LogP contribution in [0.2, 0.25) is 0 Å². The number of carbonyl (C=O) groups is 2. The first kappa shape index (κ1) is 25.2. The van der Waals surface area contributed by atoms with Crippen molar-refractivity contribution in [1.82, 2.24) is 19.9 Å². The molecule has 3 aliphatic rings. The number of rotatable bonds is 5. The lowest BCUT2D eigenvalue weighted by Crippen LogP contribution is -2.05. The van der Waals surface area contributed by atoms with Gasteiger partial charge < -0.3 is 14.8 Å². The van der Waals surface area contributed by atoms with Gasteiger partial charge in [0, 0.05) is 63.6 Å². The number of Topliss-reactive ketones (excluding diaryl/α,β-unsaturated/α-hetero) is 1. The molecule has 0 unspecified atom stereocenters. The molecule has 0 saturated heterocycles. The summed E-state index contributed by atoms with van der Waals surface area (Å²) >= 11 is 0. The standard InChI is InChI=1S/C33H34N4O2/c1-7-20-16(3)24-13-26-18(5)22(10-9-11-38)32(36-26)23-12-30(39)31-19(6)27(37-33(23)31)15-29-21(8-2)17(4)25(35-29)14-28(20)34-24/h7,11,13-15,18,22,34,37H,1,8-10,12H2,2-6H3/t18-,22-/m0/s1. The van der Waals surface area contributed by atoms with E-state index in [-0.39, 0.29) is 17.6 Å². The molecular formula is C33H34N4O2. The topological polar surface area (TPSA) is 91.5 Å². The Morgan fingerprint density at radius 1 is 1.03 bits per heavy atom. The molecular weight excluding hydrogens is 484 g/mol. The first-order chi connectivity index (χ1) is 18.8. The number of ketones is 1. The van der Waals surface area contributed by atoms with E-state index in [4.69, 9.17) is 9.97 Å². The Kier molecular flexibility index (Phi) is 6.01. The second-order valence-corrected chi connectivity index (χ2v) is 11.0. The molecule has 0 amide bonds. The van der Waals surface area contributed by atoms with Crippen LogP contribution in [0.15, 0.2) is 24.8 Å². The lowest BCUT2D eigenvalue weighted by Gasteiger charge is -2.15. The summed E-state index contributed by atoms with van der Waals surface area (Å²) in [4.78, 5) is 42.2. The van der Waals surface area contributed by atoms with Crippen molar-refractivity contribution in [2.75, 3.05) is 0 Å². The van der Waals surface area contributed by atoms with Crippen LogP contribution in [0.5, 0.6) is 0 Å². The molecule has 6 heteroatoms. The molecule has 6 nitrogen and oxygen atoms in total. The van der Waals surface area contributed by atoms with Crippen LogP contribution in [0.1, 0.15) is 107 Å². The third kappa shape index (κ3) is 3.76. The molecule has 0 saturated carbocycles. The molecule has 0 aromatic carbocycles. The Balaban J connectivity index is 1.79. The summed E-state index contributed by atoms with van der Waals surface area (Å²) in [6.07, 6.45) is 5.22. The fourth-order valence-corrected chi connectivity index (χ4v) is 6.67. The Morgan fingerprint density at radius 3 is 2.49 bits per heavy atom. The van der Waals surface area contributed by atoms with Gasteiger partial charge in [0.1, 0.15) is 6.29 Å². The zero-order valence-corrected chi connectivity index (χ0v) is 23.3. The van der Waals surface area contributed by atoms with E-state index in [0.717, 1.165) is 90.9 Å². The van der Waals surface area contributed by atoms with Crippen molar-refractivity contribution in [2.45, 2.75) is 72.1 Å². The van der Waals surface area contributed by atoms with Gasteiger partial charge >= 0.3 is 0 Å². The maximum Gasteiger partial charge on any atom is 0.169 e. The van der Waals surface area contributed by atoms with Crippen molar-refractivity contribution in [3.8, 4) is 0 Å². The zero-order chi connectivity index (χ0) is 27.6. The number of aldehydes is 1. The van der Waals surface area contributed by atoms with Crippen molar-refractivity contribution >= 4 is 51.4 Å². The number of allylic oxidation sites excluding steroid dienone is 2. The number of hydrogen-bond acceptors (Lipinski definition) is 4. The van der Waals surface area contributed by atoms with E-state index in [1.165, 1.54) is 5.57 Å². The van der Waals surface area contributed by atoms with Gasteiger partial charge in [-0.05, 0) is 74.1 Å². The third-order valence-corrected chi connectivity index (χ3v) is 8.95. The highest BCUT2D eigenvalue weighted by molar-refractivity contribution is 6.13. The van der Waals surface area contributed by atoms with E-state index in [9.17, 15) is 9.59 Å². The van der Waals surface area contributed by atoms with E-state index in [0.29, 0.717) is 19.3 Å². The highest BCUT2D eigenvalue weighted by atomic mass is 16.1. The summed E-state index contributed by atoms with van der Waals surface area (Å²) in [5.41, 5.74) is 14.7. The normalized spacial score (nSPS) is 18.2. The van der Waals surface area contributed by atoms with E-state index in [1.807, 2.05) is 13.0 Å². The van der Waals surface area contributed by atoms with Crippen LogP contribution in [0.3, 0.4) is 0 Å². The lowest BCUT2D eigenvalue weighted by atomic mass is 9.86. The van der Waals surface area contributed by atoms with Crippen LogP contribution >= 0.6 is 0 Å². The molecule has 0 radical (unpaired) electrons. The van der Waals surface area contributed by atoms with Gasteiger partial charge in [0.15, 0.2) is 5.78 Å². The Labute approximate surface area is 228 Å². The smallest absolute Gasteiger partial charge is 0.169 e. The average Bonchev–Trinajstić information content (AvgIpc) is 3.65. The van der Waals surface area contributed by atoms with Gasteiger partial charge in [-0.2, -0.15) is 0 Å². The summed E-state index contributed by atoms with van der Waals surface area (Å²) in [5.74, 6) is 0.295. The highest BCUT2D eigenvalue weighted by Gasteiger charge is 2.35. The van der Waals surface area contributed by atoms with Crippen LogP contribution in [-0.4, -0.2) is 32.0 Å². The van der Waals surface area contributed by atoms with Crippen molar-refractivity contribution in [3.63, 3.8) is 0 Å². The molecule has 2 N–H and O–H groups in total. The Bertz CT molecular complexity index is 1780. The van der Waals surface area contributed by atoms with Crippen LogP contribution in [0.25, 0.3) is 39.3 Å². The predicted molar refractivity (Wildman–Crippen MR) is 158 cm³/mol. The summed E-state index contributed by atoms with van der Waals surface area (Å²) < 4.78 is 0. The molecule has 2 atom stereocenters. The number of fused-ring (bicyclic) bond motifs is 8. The molecule has 1 aliphatic carbocycles. The largest absolute Gasteiger partial charge is 0.355 e. The van der Waals surface area contributed by atoms with Gasteiger partial charge in [-0.3, -0.25) is 9.78 Å². The number of nitrogens with one attached hydrogen (secondary N) is 2. The zero-order valence-electron chi connectivity index (χ0n) is 23.3. The van der Waals surface area contributed by atoms with Crippen LogP contribution in [0.4, 0.5) is 0 Å². The highest BCUT2D eigenvalue weighted by Crippen LogP contribution is 2.44. The molecule has 8 bridgehead atoms. The van der Waals surface area contributed by atoms with Crippen molar-refractivity contribution in [2.24, 2.45) is 0 Å².